The highest BCUT2D eigenvalue weighted by molar-refractivity contribution is 8.07. The number of anilines is 2. The van der Waals surface area contributed by atoms with Gasteiger partial charge in [0.15, 0.2) is 41.3 Å². The minimum absolute atomic E-state index is 0.0616. The van der Waals surface area contributed by atoms with E-state index >= 15 is 4.39 Å². The van der Waals surface area contributed by atoms with E-state index in [2.05, 4.69) is 29.9 Å². The molecule has 2 aliphatic rings. The van der Waals surface area contributed by atoms with Crippen LogP contribution in [0.3, 0.4) is 0 Å². The number of nitrogens with one attached hydrogen (secondary N) is 1. The molecule has 6 heterocycles. The van der Waals surface area contributed by atoms with Gasteiger partial charge in [0, 0.05) is 7.11 Å². The molecule has 2 aliphatic heterocycles. The predicted octanol–water partition coefficient (Wildman–Crippen LogP) is -1.37. The third-order valence-electron chi connectivity index (χ3n) is 7.48. The molecule has 19 nitrogen and oxygen atoms in total. The van der Waals surface area contributed by atoms with Gasteiger partial charge in [0.1, 0.15) is 41.9 Å². The number of imidazole rings is 2. The molecule has 6 rings (SSSR count). The van der Waals surface area contributed by atoms with Gasteiger partial charge in [-0.25, -0.2) is 24.3 Å². The molecule has 8 N–H and O–H groups in total. The topological polar surface area (TPSA) is 266 Å². The van der Waals surface area contributed by atoms with Crippen LogP contribution in [0.25, 0.3) is 22.3 Å². The Bertz CT molecular complexity index is 1810. The van der Waals surface area contributed by atoms with Crippen LogP contribution in [0.4, 0.5) is 16.2 Å². The third-order valence-corrected chi connectivity index (χ3v) is 9.02. The van der Waals surface area contributed by atoms with Crippen molar-refractivity contribution >= 4 is 52.6 Å². The lowest BCUT2D eigenvalue weighted by atomic mass is 9.98. The van der Waals surface area contributed by atoms with Crippen LogP contribution in [-0.4, -0.2) is 111 Å². The molecule has 0 bridgehead atoms. The van der Waals surface area contributed by atoms with Gasteiger partial charge in [-0.1, -0.05) is 0 Å². The Morgan fingerprint density at radius 3 is 2.57 bits per heavy atom. The summed E-state index contributed by atoms with van der Waals surface area (Å²) < 4.78 is 46.6. The molecule has 238 valence electrons. The number of alkyl halides is 1. The molecule has 2 fully saturated rings. The Kier molecular flexibility index (Phi) is 7.89. The van der Waals surface area contributed by atoms with Crippen molar-refractivity contribution < 1.29 is 42.8 Å². The Morgan fingerprint density at radius 2 is 1.86 bits per heavy atom. The fraction of sp³-hybridized carbons (Fsp3) is 0.545. The first-order valence-corrected chi connectivity index (χ1v) is 15.6. The first-order valence-electron chi connectivity index (χ1n) is 13.0. The lowest BCUT2D eigenvalue weighted by molar-refractivity contribution is -0.114. The van der Waals surface area contributed by atoms with Crippen LogP contribution < -0.4 is 17.0 Å². The lowest BCUT2D eigenvalue weighted by Crippen LogP contribution is -2.44. The second-order valence-electron chi connectivity index (χ2n) is 10.3. The summed E-state index contributed by atoms with van der Waals surface area (Å²) in [5.41, 5.74) is 9.82. The van der Waals surface area contributed by atoms with Crippen molar-refractivity contribution in [2.45, 2.75) is 55.6 Å². The van der Waals surface area contributed by atoms with E-state index in [0.717, 1.165) is 6.33 Å². The number of H-pyrrole nitrogens is 1. The Hall–Kier alpha value is -3.24. The SMILES string of the molecule is CO[C@H]1[C@H](n2cnc3c(N)ncnc32)O[C@](C)(COP(O)(=S)O[C@@H]2[C@H](F)[C@@H](CO)O[C@H]2n2cnc3c(=O)[nH]c(N)nc32)[C@H]1O. The van der Waals surface area contributed by atoms with E-state index < -0.39 is 74.1 Å². The van der Waals surface area contributed by atoms with Crippen LogP contribution in [0, 0.1) is 0 Å². The van der Waals surface area contributed by atoms with Crippen LogP contribution in [0.1, 0.15) is 19.4 Å². The highest BCUT2D eigenvalue weighted by Gasteiger charge is 2.55. The maximum absolute atomic E-state index is 15.5. The summed E-state index contributed by atoms with van der Waals surface area (Å²) in [4.78, 5) is 45.9. The number of aliphatic hydroxyl groups is 2. The average Bonchev–Trinajstić information content (AvgIpc) is 3.72. The number of nitrogens with two attached hydrogens (primary N) is 2. The molecule has 0 amide bonds. The van der Waals surface area contributed by atoms with E-state index in [1.807, 2.05) is 0 Å². The van der Waals surface area contributed by atoms with Gasteiger partial charge in [0.25, 0.3) is 5.56 Å². The second kappa shape index (κ2) is 11.3. The van der Waals surface area contributed by atoms with Gasteiger partial charge in [-0.15, -0.1) is 0 Å². The lowest BCUT2D eigenvalue weighted by Gasteiger charge is -2.30. The van der Waals surface area contributed by atoms with Crippen LogP contribution in [0.5, 0.6) is 0 Å². The number of aliphatic hydroxyl groups excluding tert-OH is 2. The number of fused-ring (bicyclic) bond motifs is 2. The molecule has 4 aromatic rings. The van der Waals surface area contributed by atoms with Crippen LogP contribution >= 0.6 is 6.72 Å². The minimum Gasteiger partial charge on any atom is -0.394 e. The summed E-state index contributed by atoms with van der Waals surface area (Å²) >= 11 is 5.20. The molecule has 4 aromatic heterocycles. The number of hydrogen-bond acceptors (Lipinski definition) is 16. The molecule has 1 unspecified atom stereocenters. The molecular weight excluding hydrogens is 630 g/mol. The number of nitrogens with zero attached hydrogens (tertiary/aromatic N) is 7. The number of rotatable bonds is 9. The minimum atomic E-state index is -4.31. The molecule has 0 aliphatic carbocycles. The first-order chi connectivity index (χ1) is 20.9. The zero-order valence-corrected chi connectivity index (χ0v) is 24.7. The second-order valence-corrected chi connectivity index (χ2v) is 13.1. The maximum atomic E-state index is 15.5. The van der Waals surface area contributed by atoms with Crippen molar-refractivity contribution in [3.05, 3.63) is 29.3 Å². The van der Waals surface area contributed by atoms with Gasteiger partial charge in [-0.3, -0.25) is 23.4 Å². The van der Waals surface area contributed by atoms with Gasteiger partial charge < -0.3 is 45.3 Å². The molecule has 9 atom stereocenters. The highest BCUT2D eigenvalue weighted by atomic mass is 32.5. The molecule has 44 heavy (non-hydrogen) atoms. The Morgan fingerprint density at radius 1 is 1.16 bits per heavy atom. The smallest absolute Gasteiger partial charge is 0.325 e. The van der Waals surface area contributed by atoms with Gasteiger partial charge >= 0.3 is 6.72 Å². The zero-order valence-electron chi connectivity index (χ0n) is 23.0. The molecule has 0 aromatic carbocycles. The van der Waals surface area contributed by atoms with Crippen LogP contribution in [-0.2, 0) is 35.1 Å². The summed E-state index contributed by atoms with van der Waals surface area (Å²) in [6, 6.07) is 0. The Balaban J connectivity index is 1.23. The first kappa shape index (κ1) is 30.8. The quantitative estimate of drug-likeness (QED) is 0.113. The van der Waals surface area contributed by atoms with Crippen molar-refractivity contribution in [1.29, 1.82) is 0 Å². The fourth-order valence-corrected chi connectivity index (χ4v) is 6.72. The van der Waals surface area contributed by atoms with Crippen molar-refractivity contribution in [2.24, 2.45) is 0 Å². The number of aromatic nitrogens is 8. The fourth-order valence-electron chi connectivity index (χ4n) is 5.25. The number of methoxy groups -OCH3 is 1. The van der Waals surface area contributed by atoms with Crippen molar-refractivity contribution in [3.8, 4) is 0 Å². The van der Waals surface area contributed by atoms with Crippen LogP contribution in [0.15, 0.2) is 23.8 Å². The number of ether oxygens (including phenoxy) is 3. The summed E-state index contributed by atoms with van der Waals surface area (Å²) in [5.74, 6) is -0.0921. The van der Waals surface area contributed by atoms with Gasteiger partial charge in [-0.2, -0.15) is 4.98 Å². The van der Waals surface area contributed by atoms with Crippen LogP contribution in [0.2, 0.25) is 0 Å². The number of hydrogen-bond donors (Lipinski definition) is 6. The van der Waals surface area contributed by atoms with E-state index in [1.165, 1.54) is 35.8 Å². The number of nitrogen functional groups attached to an aromatic ring is 2. The normalized spacial score (nSPS) is 32.1. The largest absolute Gasteiger partial charge is 0.394 e. The molecule has 2 saturated heterocycles. The van der Waals surface area contributed by atoms with E-state index in [0.29, 0.717) is 11.2 Å². The zero-order chi connectivity index (χ0) is 31.6. The Labute approximate surface area is 251 Å². The van der Waals surface area contributed by atoms with Crippen molar-refractivity contribution in [2.75, 3.05) is 31.8 Å². The molecule has 0 saturated carbocycles. The number of halogens is 1. The van der Waals surface area contributed by atoms with E-state index in [9.17, 15) is 19.9 Å². The summed E-state index contributed by atoms with van der Waals surface area (Å²) in [5, 5.41) is 20.9. The van der Waals surface area contributed by atoms with E-state index in [1.54, 1.807) is 0 Å². The highest BCUT2D eigenvalue weighted by Crippen LogP contribution is 2.52. The predicted molar refractivity (Wildman–Crippen MR) is 151 cm³/mol. The molecule has 0 radical (unpaired) electrons. The van der Waals surface area contributed by atoms with E-state index in [-0.39, 0.29) is 22.9 Å². The summed E-state index contributed by atoms with van der Waals surface area (Å²) in [6.07, 6.45) is -5.89. The summed E-state index contributed by atoms with van der Waals surface area (Å²) in [6.45, 7) is -4.09. The standard InChI is InChI=1S/C22H28FN10O9PS/c1-22(14(35)13(38-2)20(41-22)32-6-28-10-15(24)26-5-27-16(10)32)4-39-43(37,44)42-12-9(23)8(3-34)40-19(12)33-7-29-11-17(33)30-21(25)31-18(11)36/h5-9,12-14,19-20,34-35H,3-4H2,1-2H3,(H,37,44)(H2,24,26,27)(H3,25,30,31,36)/t8-,9-,12-,13-,14+,19-,20-,22-,43?/m1/s1. The van der Waals surface area contributed by atoms with Crippen molar-refractivity contribution in [1.82, 2.24) is 39.0 Å². The molecule has 0 spiro atoms. The third kappa shape index (κ3) is 5.13. The maximum Gasteiger partial charge on any atom is 0.325 e. The number of aromatic amines is 1. The average molecular weight is 659 g/mol. The molecular formula is C22H28FN10O9PS. The van der Waals surface area contributed by atoms with Gasteiger partial charge in [-0.05, 0) is 18.7 Å². The molecule has 22 heteroatoms. The monoisotopic (exact) mass is 658 g/mol. The summed E-state index contributed by atoms with van der Waals surface area (Å²) in [7, 11) is 1.37. The van der Waals surface area contributed by atoms with Crippen molar-refractivity contribution in [3.63, 3.8) is 0 Å². The van der Waals surface area contributed by atoms with Gasteiger partial charge in [0.2, 0.25) is 5.95 Å². The van der Waals surface area contributed by atoms with E-state index in [4.69, 9.17) is 46.5 Å². The van der Waals surface area contributed by atoms with Gasteiger partial charge in [0.05, 0.1) is 25.9 Å².